The lowest BCUT2D eigenvalue weighted by Crippen LogP contribution is -2.04. The Morgan fingerprint density at radius 3 is 2.45 bits per heavy atom. The number of hydroxylamine groups is 2. The van der Waals surface area contributed by atoms with Gasteiger partial charge in [-0.2, -0.15) is 5.06 Å². The minimum absolute atomic E-state index is 0.0954. The van der Waals surface area contributed by atoms with Gasteiger partial charge in [0.05, 0.1) is 10.6 Å². The Hall–Kier alpha value is -2.98. The Labute approximate surface area is 190 Å². The first-order valence-electron chi connectivity index (χ1n) is 9.60. The molecule has 10 heteroatoms. The number of imidazole rings is 1. The average Bonchev–Trinajstić information content (AvgIpc) is 3.31. The molecule has 162 valence electrons. The van der Waals surface area contributed by atoms with Gasteiger partial charge in [0.1, 0.15) is 10.9 Å². The van der Waals surface area contributed by atoms with E-state index in [1.807, 2.05) is 25.1 Å². The molecule has 0 saturated carbocycles. The van der Waals surface area contributed by atoms with Crippen LogP contribution in [0.25, 0.3) is 0 Å². The van der Waals surface area contributed by atoms with E-state index in [0.29, 0.717) is 11.7 Å². The molecule has 0 bridgehead atoms. The van der Waals surface area contributed by atoms with Gasteiger partial charge >= 0.3 is 5.17 Å². The predicted molar refractivity (Wildman–Crippen MR) is 123 cm³/mol. The second-order valence-electron chi connectivity index (χ2n) is 7.16. The zero-order chi connectivity index (χ0) is 22.5. The van der Waals surface area contributed by atoms with Crippen molar-refractivity contribution in [1.82, 2.24) is 19.6 Å². The maximum absolute atomic E-state index is 11.1. The van der Waals surface area contributed by atoms with Crippen LogP contribution in [0.1, 0.15) is 36.8 Å². The number of thiocarbonyl (C=S) groups is 1. The molecule has 4 rings (SSSR count). The van der Waals surface area contributed by atoms with Crippen molar-refractivity contribution in [1.29, 1.82) is 0 Å². The molecule has 8 nitrogen and oxygen atoms in total. The number of aryl methyl sites for hydroxylation is 1. The fraction of sp³-hybridized carbons (Fsp3) is 0.286. The summed E-state index contributed by atoms with van der Waals surface area (Å²) in [4.78, 5) is 24.8. The number of rotatable bonds is 6. The third-order valence-corrected chi connectivity index (χ3v) is 5.90. The number of benzene rings is 1. The number of pyridine rings is 1. The van der Waals surface area contributed by atoms with Crippen molar-refractivity contribution in [2.75, 3.05) is 7.05 Å². The molecule has 3 heterocycles. The van der Waals surface area contributed by atoms with Gasteiger partial charge in [0, 0.05) is 43.0 Å². The van der Waals surface area contributed by atoms with E-state index in [0.717, 1.165) is 27.0 Å². The summed E-state index contributed by atoms with van der Waals surface area (Å²) in [6, 6.07) is 10.7. The standard InChI is InChI=1S/C19H20N4O2S.C2H3NOS/c1-13(2)18-19(26-17-6-4-5-16(11-17)23(24)25)22(14(3)21-18)12-15-7-9-20-10-8-15;1-3-2(5)4-3/h4-11,13H,12H2,1-3H3;1H3. The number of nitro benzene ring substituents is 1. The molecule has 1 aliphatic heterocycles. The van der Waals surface area contributed by atoms with Crippen LogP contribution in [0.15, 0.2) is 58.7 Å². The summed E-state index contributed by atoms with van der Waals surface area (Å²) in [5.41, 5.74) is 2.24. The zero-order valence-corrected chi connectivity index (χ0v) is 19.3. The van der Waals surface area contributed by atoms with Crippen LogP contribution in [0.4, 0.5) is 5.69 Å². The average molecular weight is 458 g/mol. The van der Waals surface area contributed by atoms with Crippen LogP contribution in [-0.4, -0.2) is 36.7 Å². The second-order valence-corrected chi connectivity index (χ2v) is 8.57. The molecule has 3 aromatic rings. The van der Waals surface area contributed by atoms with E-state index in [-0.39, 0.29) is 16.5 Å². The van der Waals surface area contributed by atoms with E-state index in [9.17, 15) is 10.1 Å². The molecule has 1 fully saturated rings. The maximum atomic E-state index is 11.1. The highest BCUT2D eigenvalue weighted by atomic mass is 32.2. The third kappa shape index (κ3) is 6.02. The van der Waals surface area contributed by atoms with E-state index in [2.05, 4.69) is 40.5 Å². The van der Waals surface area contributed by atoms with E-state index >= 15 is 0 Å². The van der Waals surface area contributed by atoms with Crippen molar-refractivity contribution in [2.24, 2.45) is 0 Å². The molecule has 0 amide bonds. The Kier molecular flexibility index (Phi) is 7.24. The second kappa shape index (κ2) is 9.88. The quantitative estimate of drug-likeness (QED) is 0.222. The number of nitro groups is 1. The van der Waals surface area contributed by atoms with Crippen LogP contribution in [0.5, 0.6) is 0 Å². The van der Waals surface area contributed by atoms with Crippen molar-refractivity contribution in [3.8, 4) is 0 Å². The molecule has 0 unspecified atom stereocenters. The summed E-state index contributed by atoms with van der Waals surface area (Å²) >= 11 is 6.00. The molecular weight excluding hydrogens is 434 g/mol. The Morgan fingerprint density at radius 1 is 1.26 bits per heavy atom. The van der Waals surface area contributed by atoms with Gasteiger partial charge < -0.3 is 9.40 Å². The molecule has 0 aliphatic carbocycles. The first-order valence-corrected chi connectivity index (χ1v) is 10.8. The number of hydrogen-bond acceptors (Lipinski definition) is 7. The van der Waals surface area contributed by atoms with Crippen LogP contribution in [-0.2, 0) is 11.4 Å². The van der Waals surface area contributed by atoms with Crippen molar-refractivity contribution in [2.45, 2.75) is 43.2 Å². The van der Waals surface area contributed by atoms with Crippen LogP contribution in [0, 0.1) is 17.0 Å². The summed E-state index contributed by atoms with van der Waals surface area (Å²) in [5.74, 6) is 1.19. The molecule has 0 atom stereocenters. The Balaban J connectivity index is 0.000000478. The molecule has 1 aliphatic rings. The lowest BCUT2D eigenvalue weighted by Gasteiger charge is -2.12. The fourth-order valence-electron chi connectivity index (χ4n) is 2.78. The monoisotopic (exact) mass is 457 g/mol. The molecule has 0 N–H and O–H groups in total. The van der Waals surface area contributed by atoms with Crippen LogP contribution in [0.3, 0.4) is 0 Å². The van der Waals surface area contributed by atoms with Crippen molar-refractivity contribution in [3.63, 3.8) is 0 Å². The van der Waals surface area contributed by atoms with E-state index in [1.54, 1.807) is 31.6 Å². The van der Waals surface area contributed by atoms with E-state index < -0.39 is 0 Å². The minimum atomic E-state index is -0.368. The highest BCUT2D eigenvalue weighted by Crippen LogP contribution is 2.36. The van der Waals surface area contributed by atoms with Gasteiger partial charge in [-0.3, -0.25) is 15.1 Å². The molecule has 31 heavy (non-hydrogen) atoms. The Bertz CT molecular complexity index is 1090. The smallest absolute Gasteiger partial charge is 0.322 e. The predicted octanol–water partition coefficient (Wildman–Crippen LogP) is 4.97. The van der Waals surface area contributed by atoms with Gasteiger partial charge in [-0.25, -0.2) is 4.98 Å². The summed E-state index contributed by atoms with van der Waals surface area (Å²) < 4.78 is 2.16. The van der Waals surface area contributed by atoms with Crippen LogP contribution >= 0.6 is 24.0 Å². The van der Waals surface area contributed by atoms with Gasteiger partial charge in [0.2, 0.25) is 0 Å². The highest BCUT2D eigenvalue weighted by Gasteiger charge is 2.22. The molecule has 1 saturated heterocycles. The van der Waals surface area contributed by atoms with Gasteiger partial charge in [0.15, 0.2) is 0 Å². The van der Waals surface area contributed by atoms with Crippen LogP contribution in [0.2, 0.25) is 0 Å². The van der Waals surface area contributed by atoms with Crippen molar-refractivity contribution in [3.05, 3.63) is 76.0 Å². The lowest BCUT2D eigenvalue weighted by molar-refractivity contribution is -0.385. The summed E-state index contributed by atoms with van der Waals surface area (Å²) in [6.45, 7) is 6.89. The highest BCUT2D eigenvalue weighted by molar-refractivity contribution is 7.99. The molecule has 0 spiro atoms. The largest absolute Gasteiger partial charge is 0.342 e. The van der Waals surface area contributed by atoms with Crippen LogP contribution < -0.4 is 0 Å². The van der Waals surface area contributed by atoms with Gasteiger partial charge in [-0.05, 0) is 48.8 Å². The SMILES string of the molecule is CN1OC1=S.Cc1nc(C(C)C)c(Sc2cccc([N+](=O)[O-])c2)n1Cc1ccncc1. The molecular formula is C21H23N5O3S2. The number of hydrogen-bond donors (Lipinski definition) is 0. The molecule has 0 radical (unpaired) electrons. The van der Waals surface area contributed by atoms with E-state index in [4.69, 9.17) is 4.98 Å². The summed E-state index contributed by atoms with van der Waals surface area (Å²) in [7, 11) is 1.77. The minimum Gasteiger partial charge on any atom is -0.342 e. The summed E-state index contributed by atoms with van der Waals surface area (Å²) in [5, 5.41) is 14.2. The topological polar surface area (TPSA) is 89.4 Å². The molecule has 1 aromatic carbocycles. The third-order valence-electron chi connectivity index (χ3n) is 4.46. The number of aromatic nitrogens is 3. The number of nitrogens with zero attached hydrogens (tertiary/aromatic N) is 5. The summed E-state index contributed by atoms with van der Waals surface area (Å²) in [6.07, 6.45) is 3.55. The van der Waals surface area contributed by atoms with E-state index in [1.165, 1.54) is 22.9 Å². The first-order chi connectivity index (χ1) is 14.8. The lowest BCUT2D eigenvalue weighted by atomic mass is 10.1. The normalized spacial score (nSPS) is 12.3. The Morgan fingerprint density at radius 2 is 1.90 bits per heavy atom. The molecule has 2 aromatic heterocycles. The maximum Gasteiger partial charge on any atom is 0.322 e. The van der Waals surface area contributed by atoms with Gasteiger partial charge in [-0.15, -0.1) is 0 Å². The van der Waals surface area contributed by atoms with Crippen molar-refractivity contribution >= 4 is 34.8 Å². The fourth-order valence-corrected chi connectivity index (χ4v) is 4.13. The zero-order valence-electron chi connectivity index (χ0n) is 17.7. The van der Waals surface area contributed by atoms with Crippen molar-refractivity contribution < 1.29 is 9.76 Å². The van der Waals surface area contributed by atoms with Gasteiger partial charge in [0.25, 0.3) is 5.69 Å². The van der Waals surface area contributed by atoms with Gasteiger partial charge in [-0.1, -0.05) is 31.7 Å². The number of non-ortho nitro benzene ring substituents is 1. The first kappa shape index (κ1) is 22.7.